The molecule has 0 saturated carbocycles. The van der Waals surface area contributed by atoms with Gasteiger partial charge < -0.3 is 4.74 Å². The van der Waals surface area contributed by atoms with Crippen molar-refractivity contribution in [1.82, 2.24) is 0 Å². The van der Waals surface area contributed by atoms with E-state index in [0.717, 1.165) is 22.2 Å². The van der Waals surface area contributed by atoms with E-state index in [2.05, 4.69) is 0 Å². The lowest BCUT2D eigenvalue weighted by Gasteiger charge is -2.03. The second kappa shape index (κ2) is 6.46. The van der Waals surface area contributed by atoms with Crippen molar-refractivity contribution >= 4 is 13.3 Å². The van der Waals surface area contributed by atoms with E-state index in [4.69, 9.17) is 9.26 Å². The molecule has 98 valence electrons. The Bertz CT molecular complexity index is 564. The van der Waals surface area contributed by atoms with Gasteiger partial charge in [0, 0.05) is 5.56 Å². The van der Waals surface area contributed by atoms with Gasteiger partial charge in [-0.25, -0.2) is 0 Å². The number of hydrogen-bond donors (Lipinski definition) is 0. The first-order valence-electron chi connectivity index (χ1n) is 6.10. The SMILES string of the molecule is CCO[P+](=O)c1ccccc1-c1ccc(OC)cc1. The third-order valence-corrected chi connectivity index (χ3v) is 4.02. The largest absolute Gasteiger partial charge is 0.549 e. The fourth-order valence-corrected chi connectivity index (χ4v) is 2.82. The van der Waals surface area contributed by atoms with Crippen LogP contribution >= 0.6 is 8.03 Å². The highest BCUT2D eigenvalue weighted by atomic mass is 31.1. The molecule has 2 rings (SSSR count). The van der Waals surface area contributed by atoms with E-state index in [-0.39, 0.29) is 0 Å². The molecule has 2 aromatic rings. The molecule has 3 nitrogen and oxygen atoms in total. The topological polar surface area (TPSA) is 35.5 Å². The molecule has 0 saturated heterocycles. The molecule has 0 N–H and O–H groups in total. The lowest BCUT2D eigenvalue weighted by atomic mass is 10.1. The van der Waals surface area contributed by atoms with E-state index >= 15 is 0 Å². The predicted molar refractivity (Wildman–Crippen MR) is 77.3 cm³/mol. The van der Waals surface area contributed by atoms with E-state index in [1.165, 1.54) is 0 Å². The van der Waals surface area contributed by atoms with Crippen LogP contribution in [0.25, 0.3) is 11.1 Å². The van der Waals surface area contributed by atoms with Gasteiger partial charge in [-0.15, -0.1) is 4.52 Å². The number of hydrogen-bond acceptors (Lipinski definition) is 3. The summed E-state index contributed by atoms with van der Waals surface area (Å²) in [6, 6.07) is 15.3. The Morgan fingerprint density at radius 2 is 1.74 bits per heavy atom. The molecule has 19 heavy (non-hydrogen) atoms. The Hall–Kier alpha value is -1.70. The summed E-state index contributed by atoms with van der Waals surface area (Å²) < 4.78 is 22.4. The predicted octanol–water partition coefficient (Wildman–Crippen LogP) is 3.77. The van der Waals surface area contributed by atoms with E-state index in [1.54, 1.807) is 7.11 Å². The monoisotopic (exact) mass is 275 g/mol. The van der Waals surface area contributed by atoms with Gasteiger partial charge in [-0.2, -0.15) is 0 Å². The summed E-state index contributed by atoms with van der Waals surface area (Å²) in [6.07, 6.45) is 0. The van der Waals surface area contributed by atoms with Crippen LogP contribution in [0.1, 0.15) is 6.92 Å². The summed E-state index contributed by atoms with van der Waals surface area (Å²) in [5.74, 6) is 0.801. The Morgan fingerprint density at radius 1 is 1.05 bits per heavy atom. The molecule has 1 unspecified atom stereocenters. The van der Waals surface area contributed by atoms with Gasteiger partial charge in [-0.1, -0.05) is 24.3 Å². The summed E-state index contributed by atoms with van der Waals surface area (Å²) in [5, 5.41) is 0.726. The quantitative estimate of drug-likeness (QED) is 0.779. The Labute approximate surface area is 114 Å². The van der Waals surface area contributed by atoms with Crippen molar-refractivity contribution in [2.75, 3.05) is 13.7 Å². The van der Waals surface area contributed by atoms with Gasteiger partial charge in [-0.05, 0) is 41.3 Å². The molecule has 0 amide bonds. The summed E-state index contributed by atoms with van der Waals surface area (Å²) in [5.41, 5.74) is 1.93. The molecule has 0 heterocycles. The molecule has 2 aromatic carbocycles. The maximum absolute atomic E-state index is 12.1. The smallest absolute Gasteiger partial charge is 0.497 e. The van der Waals surface area contributed by atoms with Crippen LogP contribution in [-0.2, 0) is 9.09 Å². The van der Waals surface area contributed by atoms with Crippen molar-refractivity contribution < 1.29 is 13.8 Å². The third-order valence-electron chi connectivity index (χ3n) is 2.75. The first-order chi connectivity index (χ1) is 9.26. The van der Waals surface area contributed by atoms with Crippen LogP contribution in [0.3, 0.4) is 0 Å². The van der Waals surface area contributed by atoms with Crippen molar-refractivity contribution in [2.45, 2.75) is 6.92 Å². The molecule has 0 bridgehead atoms. The van der Waals surface area contributed by atoms with Crippen LogP contribution in [0.2, 0.25) is 0 Å². The molecule has 0 radical (unpaired) electrons. The minimum atomic E-state index is -1.81. The molecule has 0 fully saturated rings. The first-order valence-corrected chi connectivity index (χ1v) is 7.27. The maximum atomic E-state index is 12.1. The molecule has 0 aromatic heterocycles. The molecular formula is C15H16O3P+. The zero-order valence-corrected chi connectivity index (χ0v) is 11.9. The number of ether oxygens (including phenoxy) is 1. The van der Waals surface area contributed by atoms with Gasteiger partial charge in [0.25, 0.3) is 0 Å². The minimum Gasteiger partial charge on any atom is -0.497 e. The van der Waals surface area contributed by atoms with Crippen LogP contribution in [0.15, 0.2) is 48.5 Å². The summed E-state index contributed by atoms with van der Waals surface area (Å²) in [6.45, 7) is 2.27. The van der Waals surface area contributed by atoms with Gasteiger partial charge in [0.1, 0.15) is 12.4 Å². The van der Waals surface area contributed by atoms with Gasteiger partial charge in [-0.3, -0.25) is 0 Å². The number of rotatable bonds is 5. The highest BCUT2D eigenvalue weighted by Crippen LogP contribution is 2.29. The summed E-state index contributed by atoms with van der Waals surface area (Å²) >= 11 is 0. The second-order valence-corrected chi connectivity index (χ2v) is 5.17. The summed E-state index contributed by atoms with van der Waals surface area (Å²) in [4.78, 5) is 0. The fourth-order valence-electron chi connectivity index (χ4n) is 1.83. The average molecular weight is 275 g/mol. The average Bonchev–Trinajstić information content (AvgIpc) is 2.47. The van der Waals surface area contributed by atoms with Crippen molar-refractivity contribution in [3.05, 3.63) is 48.5 Å². The van der Waals surface area contributed by atoms with Gasteiger partial charge >= 0.3 is 8.03 Å². The molecule has 0 aliphatic carbocycles. The third kappa shape index (κ3) is 3.19. The Kier molecular flexibility index (Phi) is 4.67. The Balaban J connectivity index is 2.40. The second-order valence-electron chi connectivity index (χ2n) is 3.92. The Morgan fingerprint density at radius 3 is 2.37 bits per heavy atom. The van der Waals surface area contributed by atoms with Gasteiger partial charge in [0.05, 0.1) is 7.11 Å². The van der Waals surface area contributed by atoms with Gasteiger partial charge in [0.15, 0.2) is 0 Å². The highest BCUT2D eigenvalue weighted by molar-refractivity contribution is 7.48. The molecule has 0 aliphatic rings. The lowest BCUT2D eigenvalue weighted by Crippen LogP contribution is -2.02. The zero-order valence-electron chi connectivity index (χ0n) is 11.0. The van der Waals surface area contributed by atoms with E-state index in [1.807, 2.05) is 55.5 Å². The lowest BCUT2D eigenvalue weighted by molar-refractivity contribution is 0.357. The van der Waals surface area contributed by atoms with Crippen LogP contribution in [0.4, 0.5) is 0 Å². The fraction of sp³-hybridized carbons (Fsp3) is 0.200. The van der Waals surface area contributed by atoms with Crippen LogP contribution in [0, 0.1) is 0 Å². The standard InChI is InChI=1S/C15H16O3P/c1-3-18-19(16)15-7-5-4-6-14(15)12-8-10-13(17-2)11-9-12/h4-11H,3H2,1-2H3/q+1. The first kappa shape index (κ1) is 13.7. The van der Waals surface area contributed by atoms with E-state index in [0.29, 0.717) is 6.61 Å². The maximum Gasteiger partial charge on any atom is 0.549 e. The highest BCUT2D eigenvalue weighted by Gasteiger charge is 2.25. The minimum absolute atomic E-state index is 0.437. The zero-order chi connectivity index (χ0) is 13.7. The van der Waals surface area contributed by atoms with Crippen LogP contribution < -0.4 is 10.0 Å². The van der Waals surface area contributed by atoms with Crippen molar-refractivity contribution in [2.24, 2.45) is 0 Å². The molecule has 1 atom stereocenters. The van der Waals surface area contributed by atoms with Crippen LogP contribution in [-0.4, -0.2) is 13.7 Å². The number of benzene rings is 2. The van der Waals surface area contributed by atoms with Crippen molar-refractivity contribution in [1.29, 1.82) is 0 Å². The van der Waals surface area contributed by atoms with Crippen molar-refractivity contribution in [3.63, 3.8) is 0 Å². The summed E-state index contributed by atoms with van der Waals surface area (Å²) in [7, 11) is -0.179. The number of methoxy groups -OCH3 is 1. The molecule has 4 heteroatoms. The molecule has 0 spiro atoms. The van der Waals surface area contributed by atoms with E-state index < -0.39 is 8.03 Å². The molecule has 0 aliphatic heterocycles. The van der Waals surface area contributed by atoms with Gasteiger partial charge in [0.2, 0.25) is 5.30 Å². The van der Waals surface area contributed by atoms with Crippen LogP contribution in [0.5, 0.6) is 5.75 Å². The van der Waals surface area contributed by atoms with Crippen molar-refractivity contribution in [3.8, 4) is 16.9 Å². The normalized spacial score (nSPS) is 11.2. The van der Waals surface area contributed by atoms with E-state index in [9.17, 15) is 4.57 Å². The molecular weight excluding hydrogens is 259 g/mol.